The van der Waals surface area contributed by atoms with Crippen molar-refractivity contribution in [3.63, 3.8) is 0 Å². The maximum absolute atomic E-state index is 13.5. The molecular formula is C46H87N9O5. The highest BCUT2D eigenvalue weighted by molar-refractivity contribution is 5.82. The quantitative estimate of drug-likeness (QED) is 0.0369. The van der Waals surface area contributed by atoms with E-state index in [-0.39, 0.29) is 29.5 Å². The third kappa shape index (κ3) is 30.4. The first kappa shape index (κ1) is 56.4. The Bertz CT molecular complexity index is 1230. The molecule has 0 spiro atoms. The number of hydrogen-bond acceptors (Lipinski definition) is 9. The minimum Gasteiger partial charge on any atom is -0.355 e. The monoisotopic (exact) mass is 846 g/mol. The molecule has 0 heterocycles. The Labute approximate surface area is 364 Å². The first-order valence-corrected chi connectivity index (χ1v) is 23.3. The Kier molecular flexibility index (Phi) is 37.2. The Morgan fingerprint density at radius 3 is 1.08 bits per heavy atom. The fraction of sp³-hybridized carbons (Fsp3) is 0.761. The van der Waals surface area contributed by atoms with Gasteiger partial charge in [-0.3, -0.25) is 24.0 Å². The first-order chi connectivity index (χ1) is 29.1. The number of nitrogens with two attached hydrogens (primary N) is 4. The average molecular weight is 846 g/mol. The smallest absolute Gasteiger partial charge is 0.236 e. The molecule has 2 atom stereocenters. The Morgan fingerprint density at radius 1 is 0.450 bits per heavy atom. The molecule has 0 saturated carbocycles. The number of amides is 5. The molecule has 0 aromatic carbocycles. The van der Waals surface area contributed by atoms with Gasteiger partial charge in [-0.2, -0.15) is 0 Å². The van der Waals surface area contributed by atoms with E-state index in [1.165, 1.54) is 0 Å². The summed E-state index contributed by atoms with van der Waals surface area (Å²) >= 11 is 0. The zero-order valence-electron chi connectivity index (χ0n) is 38.0. The fourth-order valence-corrected chi connectivity index (χ4v) is 6.59. The highest BCUT2D eigenvalue weighted by Crippen LogP contribution is 2.10. The lowest BCUT2D eigenvalue weighted by Crippen LogP contribution is -2.42. The van der Waals surface area contributed by atoms with E-state index >= 15 is 0 Å². The number of allylic oxidation sites excluding steroid dienone is 6. The molecule has 14 heteroatoms. The largest absolute Gasteiger partial charge is 0.355 e. The van der Waals surface area contributed by atoms with E-state index in [9.17, 15) is 24.0 Å². The van der Waals surface area contributed by atoms with Gasteiger partial charge in [-0.25, -0.2) is 0 Å². The molecule has 0 aliphatic rings. The highest BCUT2D eigenvalue weighted by atomic mass is 16.2. The number of hydrogen-bond donors (Lipinski definition) is 6. The van der Waals surface area contributed by atoms with Crippen molar-refractivity contribution in [1.29, 1.82) is 0 Å². The van der Waals surface area contributed by atoms with Crippen molar-refractivity contribution in [3.05, 3.63) is 36.5 Å². The van der Waals surface area contributed by atoms with Crippen LogP contribution in [0.5, 0.6) is 0 Å². The summed E-state index contributed by atoms with van der Waals surface area (Å²) in [6.07, 6.45) is 26.1. The van der Waals surface area contributed by atoms with E-state index in [0.717, 1.165) is 57.8 Å². The summed E-state index contributed by atoms with van der Waals surface area (Å²) in [5.74, 6) is -0.149. The number of carbonyl (C=O) groups excluding carboxylic acids is 5. The summed E-state index contributed by atoms with van der Waals surface area (Å²) in [6.45, 7) is 11.4. The van der Waals surface area contributed by atoms with Crippen LogP contribution in [0.15, 0.2) is 36.5 Å². The van der Waals surface area contributed by atoms with Crippen molar-refractivity contribution >= 4 is 29.5 Å². The van der Waals surface area contributed by atoms with Crippen LogP contribution in [0, 0.1) is 0 Å². The Balaban J connectivity index is 5.51. The van der Waals surface area contributed by atoms with Crippen LogP contribution in [-0.2, 0) is 24.0 Å². The standard InChI is InChI=1S/C46H87N9O5/c1-4-7-10-13-27-42(56)53(36-22-32-51-45(59)40(49)25-16-18-30-47)34-20-21-35-54(43(57)28-14-11-8-5-2)38-24-39-55(44(58)29-15-12-9-6-3)37-23-33-52-46(60)41(50)26-17-19-31-48/h7-12,40-41H,4-6,13-39,47-50H2,1-3H3,(H,51,59)(H,52,60)/b10-7-,11-8-,12-9-/t40-,41-/m1/s1. The number of rotatable bonds is 39. The van der Waals surface area contributed by atoms with Gasteiger partial charge < -0.3 is 48.3 Å². The molecule has 0 aliphatic carbocycles. The van der Waals surface area contributed by atoms with Crippen molar-refractivity contribution in [3.8, 4) is 0 Å². The fourth-order valence-electron chi connectivity index (χ4n) is 6.59. The molecule has 0 unspecified atom stereocenters. The molecule has 0 fully saturated rings. The number of carbonyl (C=O) groups is 5. The molecule has 346 valence electrons. The zero-order chi connectivity index (χ0) is 44.6. The number of unbranched alkanes of at least 4 members (excludes halogenated alkanes) is 3. The molecule has 0 radical (unpaired) electrons. The van der Waals surface area contributed by atoms with E-state index in [1.807, 2.05) is 32.9 Å². The van der Waals surface area contributed by atoms with Crippen LogP contribution in [-0.4, -0.2) is 122 Å². The van der Waals surface area contributed by atoms with E-state index in [4.69, 9.17) is 22.9 Å². The molecule has 5 amide bonds. The van der Waals surface area contributed by atoms with E-state index < -0.39 is 12.1 Å². The molecular weight excluding hydrogens is 759 g/mol. The molecule has 0 bridgehead atoms. The van der Waals surface area contributed by atoms with Crippen LogP contribution in [0.4, 0.5) is 0 Å². The molecule has 0 aromatic heterocycles. The van der Waals surface area contributed by atoms with E-state index in [1.54, 1.807) is 0 Å². The van der Waals surface area contributed by atoms with Gasteiger partial charge >= 0.3 is 0 Å². The van der Waals surface area contributed by atoms with Crippen LogP contribution in [0.1, 0.15) is 149 Å². The second kappa shape index (κ2) is 39.5. The average Bonchev–Trinajstić information content (AvgIpc) is 3.24. The van der Waals surface area contributed by atoms with Crippen LogP contribution in [0.25, 0.3) is 0 Å². The van der Waals surface area contributed by atoms with Crippen LogP contribution in [0.3, 0.4) is 0 Å². The van der Waals surface area contributed by atoms with Crippen LogP contribution in [0.2, 0.25) is 0 Å². The van der Waals surface area contributed by atoms with Gasteiger partial charge in [0.2, 0.25) is 29.5 Å². The van der Waals surface area contributed by atoms with Gasteiger partial charge in [-0.1, -0.05) is 70.1 Å². The minimum atomic E-state index is -0.571. The van der Waals surface area contributed by atoms with Crippen LogP contribution >= 0.6 is 0 Å². The van der Waals surface area contributed by atoms with Gasteiger partial charge in [0.25, 0.3) is 0 Å². The van der Waals surface area contributed by atoms with Gasteiger partial charge in [0, 0.05) is 71.6 Å². The maximum atomic E-state index is 13.5. The van der Waals surface area contributed by atoms with Crippen molar-refractivity contribution in [1.82, 2.24) is 25.3 Å². The SMILES string of the molecule is CC/C=C\CCC(=O)N(CCCCN(CCCN(CCCNC(=O)[C@H](N)CCCCN)C(=O)CC/C=C\CC)C(=O)CC/C=C\CC)CCCNC(=O)[C@H](N)CCCCN. The highest BCUT2D eigenvalue weighted by Gasteiger charge is 2.19. The van der Waals surface area contributed by atoms with Crippen molar-refractivity contribution in [2.75, 3.05) is 65.4 Å². The van der Waals surface area contributed by atoms with Gasteiger partial charge in [-0.15, -0.1) is 0 Å². The number of nitrogens with one attached hydrogen (secondary N) is 2. The lowest BCUT2D eigenvalue weighted by atomic mass is 10.1. The molecule has 60 heavy (non-hydrogen) atoms. The topological polar surface area (TPSA) is 223 Å². The zero-order valence-corrected chi connectivity index (χ0v) is 38.0. The summed E-state index contributed by atoms with van der Waals surface area (Å²) in [7, 11) is 0. The summed E-state index contributed by atoms with van der Waals surface area (Å²) in [6, 6.07) is -1.14. The summed E-state index contributed by atoms with van der Waals surface area (Å²) in [5, 5.41) is 5.83. The van der Waals surface area contributed by atoms with Crippen molar-refractivity contribution in [2.45, 2.75) is 161 Å². The molecule has 0 saturated heterocycles. The Hall–Kier alpha value is -3.59. The molecule has 10 N–H and O–H groups in total. The predicted octanol–water partition coefficient (Wildman–Crippen LogP) is 4.81. The van der Waals surface area contributed by atoms with Crippen molar-refractivity contribution in [2.24, 2.45) is 22.9 Å². The van der Waals surface area contributed by atoms with Crippen molar-refractivity contribution < 1.29 is 24.0 Å². The normalized spacial score (nSPS) is 12.6. The molecule has 14 nitrogen and oxygen atoms in total. The predicted molar refractivity (Wildman–Crippen MR) is 247 cm³/mol. The van der Waals surface area contributed by atoms with E-state index in [2.05, 4.69) is 49.6 Å². The summed E-state index contributed by atoms with van der Waals surface area (Å²) in [5.41, 5.74) is 23.2. The molecule has 0 aliphatic heterocycles. The minimum absolute atomic E-state index is 0.0583. The van der Waals surface area contributed by atoms with Gasteiger partial charge in [0.1, 0.15) is 0 Å². The van der Waals surface area contributed by atoms with Gasteiger partial charge in [-0.05, 0) is 109 Å². The number of nitrogens with zero attached hydrogens (tertiary/aromatic N) is 3. The first-order valence-electron chi connectivity index (χ1n) is 23.3. The lowest BCUT2D eigenvalue weighted by Gasteiger charge is -2.27. The second-order valence-electron chi connectivity index (χ2n) is 15.5. The van der Waals surface area contributed by atoms with Gasteiger partial charge in [0.05, 0.1) is 12.1 Å². The van der Waals surface area contributed by atoms with E-state index in [0.29, 0.717) is 136 Å². The second-order valence-corrected chi connectivity index (χ2v) is 15.5. The summed E-state index contributed by atoms with van der Waals surface area (Å²) < 4.78 is 0. The third-order valence-electron chi connectivity index (χ3n) is 10.2. The third-order valence-corrected chi connectivity index (χ3v) is 10.2. The maximum Gasteiger partial charge on any atom is 0.236 e. The lowest BCUT2D eigenvalue weighted by molar-refractivity contribution is -0.133. The van der Waals surface area contributed by atoms with Gasteiger partial charge in [0.15, 0.2) is 0 Å². The summed E-state index contributed by atoms with van der Waals surface area (Å²) in [4.78, 5) is 70.8. The Morgan fingerprint density at radius 2 is 0.767 bits per heavy atom. The van der Waals surface area contributed by atoms with Crippen LogP contribution < -0.4 is 33.6 Å². The molecule has 0 rings (SSSR count). The molecule has 0 aromatic rings.